The molecule has 0 saturated heterocycles. The Balaban J connectivity index is 4.51. The Labute approximate surface area is 100 Å². The van der Waals surface area contributed by atoms with Crippen LogP contribution in [0.2, 0.25) is 0 Å². The molecule has 0 heterocycles. The summed E-state index contributed by atoms with van der Waals surface area (Å²) in [6.45, 7) is 9.51. The molecular weight excluding hydrogens is 200 g/mol. The van der Waals surface area contributed by atoms with Crippen molar-refractivity contribution in [1.82, 2.24) is 0 Å². The smallest absolute Gasteiger partial charge is 0.206 e. The molecule has 16 heavy (non-hydrogen) atoms. The minimum atomic E-state index is 0.610. The third kappa shape index (κ3) is 6.04. The Bertz CT molecular complexity index is 188. The van der Waals surface area contributed by atoms with E-state index in [0.29, 0.717) is 4.59 Å². The Morgan fingerprint density at radius 3 is 1.50 bits per heavy atom. The van der Waals surface area contributed by atoms with Crippen LogP contribution in [0.5, 0.6) is 0 Å². The lowest BCUT2D eigenvalue weighted by Gasteiger charge is -2.30. The van der Waals surface area contributed by atoms with Crippen LogP contribution in [0.15, 0.2) is 5.10 Å². The van der Waals surface area contributed by atoms with Gasteiger partial charge in [-0.25, -0.2) is 4.79 Å². The Morgan fingerprint density at radius 1 is 0.875 bits per heavy atom. The van der Waals surface area contributed by atoms with Gasteiger partial charge < -0.3 is 0 Å². The maximum absolute atomic E-state index is 10.6. The molecule has 3 heteroatoms. The average molecular weight is 227 g/mol. The second-order valence-electron chi connectivity index (χ2n) is 4.52. The fourth-order valence-corrected chi connectivity index (χ4v) is 1.93. The number of hydrogen-bond acceptors (Lipinski definition) is 2. The number of quaternary nitrogens is 1. The van der Waals surface area contributed by atoms with Crippen LogP contribution in [0.1, 0.15) is 59.3 Å². The summed E-state index contributed by atoms with van der Waals surface area (Å²) < 4.78 is 0.610. The summed E-state index contributed by atoms with van der Waals surface area (Å²) in [5, 5.41) is 4.10. The van der Waals surface area contributed by atoms with Crippen molar-refractivity contribution in [3.63, 3.8) is 0 Å². The van der Waals surface area contributed by atoms with Crippen molar-refractivity contribution >= 4 is 6.08 Å². The largest absolute Gasteiger partial charge is 0.294 e. The number of unbranched alkanes of at least 4 members (excludes halogenated alkanes) is 3. The Kier molecular flexibility index (Phi) is 9.16. The molecule has 0 rings (SSSR count). The highest BCUT2D eigenvalue weighted by atomic mass is 16.1. The summed E-state index contributed by atoms with van der Waals surface area (Å²) in [5.41, 5.74) is 0. The summed E-state index contributed by atoms with van der Waals surface area (Å²) >= 11 is 0. The van der Waals surface area contributed by atoms with Crippen LogP contribution in [-0.4, -0.2) is 30.3 Å². The average Bonchev–Trinajstić information content (AvgIpc) is 2.31. The molecule has 0 unspecified atom stereocenters. The lowest BCUT2D eigenvalue weighted by molar-refractivity contribution is -0.935. The van der Waals surface area contributed by atoms with Crippen LogP contribution in [0.4, 0.5) is 0 Å². The Morgan fingerprint density at radius 2 is 1.25 bits per heavy atom. The molecule has 0 saturated carbocycles. The second kappa shape index (κ2) is 9.56. The molecule has 0 aromatic heterocycles. The van der Waals surface area contributed by atoms with E-state index in [4.69, 9.17) is 0 Å². The molecule has 0 fully saturated rings. The molecule has 3 nitrogen and oxygen atoms in total. The van der Waals surface area contributed by atoms with Crippen molar-refractivity contribution < 1.29 is 9.39 Å². The number of carbonyl (C=O) groups excluding carboxylic acids is 1. The first-order chi connectivity index (χ1) is 7.74. The van der Waals surface area contributed by atoms with Crippen molar-refractivity contribution in [2.45, 2.75) is 59.3 Å². The van der Waals surface area contributed by atoms with Crippen LogP contribution in [0.3, 0.4) is 0 Å². The van der Waals surface area contributed by atoms with Gasteiger partial charge in [0.25, 0.3) is 6.08 Å². The number of nitrogens with zero attached hydrogens (tertiary/aromatic N) is 2. The monoisotopic (exact) mass is 227 g/mol. The topological polar surface area (TPSA) is 29.4 Å². The van der Waals surface area contributed by atoms with Gasteiger partial charge in [0.05, 0.1) is 0 Å². The van der Waals surface area contributed by atoms with Gasteiger partial charge in [-0.05, 0) is 19.3 Å². The Hall–Kier alpha value is -0.660. The van der Waals surface area contributed by atoms with Gasteiger partial charge in [0.2, 0.25) is 0 Å². The first-order valence-corrected chi connectivity index (χ1v) is 6.70. The molecule has 0 bridgehead atoms. The van der Waals surface area contributed by atoms with E-state index >= 15 is 0 Å². The molecule has 0 aliphatic heterocycles. The highest BCUT2D eigenvalue weighted by Gasteiger charge is 2.26. The predicted molar refractivity (Wildman–Crippen MR) is 67.7 cm³/mol. The minimum Gasteiger partial charge on any atom is -0.206 e. The molecule has 0 spiro atoms. The summed E-state index contributed by atoms with van der Waals surface area (Å²) in [6.07, 6.45) is 8.67. The zero-order valence-corrected chi connectivity index (χ0v) is 11.2. The van der Waals surface area contributed by atoms with Crippen LogP contribution in [0.25, 0.3) is 0 Å². The van der Waals surface area contributed by atoms with Gasteiger partial charge in [0.1, 0.15) is 19.6 Å². The number of rotatable bonds is 10. The summed E-state index contributed by atoms with van der Waals surface area (Å²) in [4.78, 5) is 10.6. The van der Waals surface area contributed by atoms with Gasteiger partial charge in [-0.1, -0.05) is 40.0 Å². The van der Waals surface area contributed by atoms with Gasteiger partial charge in [0, 0.05) is 5.10 Å². The van der Waals surface area contributed by atoms with Crippen LogP contribution >= 0.6 is 0 Å². The highest BCUT2D eigenvalue weighted by molar-refractivity contribution is 5.31. The van der Waals surface area contributed by atoms with Crippen LogP contribution in [0, 0.1) is 0 Å². The van der Waals surface area contributed by atoms with Crippen molar-refractivity contribution in [2.24, 2.45) is 5.10 Å². The van der Waals surface area contributed by atoms with Gasteiger partial charge >= 0.3 is 0 Å². The summed E-state index contributed by atoms with van der Waals surface area (Å²) in [7, 11) is 0. The van der Waals surface area contributed by atoms with E-state index in [2.05, 4.69) is 25.9 Å². The number of isocyanates is 1. The van der Waals surface area contributed by atoms with E-state index in [1.807, 2.05) is 0 Å². The maximum atomic E-state index is 10.6. The van der Waals surface area contributed by atoms with Crippen molar-refractivity contribution in [3.05, 3.63) is 0 Å². The van der Waals surface area contributed by atoms with Gasteiger partial charge in [-0.3, -0.25) is 0 Å². The molecule has 94 valence electrons. The second-order valence-corrected chi connectivity index (χ2v) is 4.52. The lowest BCUT2D eigenvalue weighted by atomic mass is 10.2. The number of hydrogen-bond donors (Lipinski definition) is 0. The van der Waals surface area contributed by atoms with Crippen LogP contribution in [-0.2, 0) is 4.79 Å². The van der Waals surface area contributed by atoms with Gasteiger partial charge in [-0.2, -0.15) is 4.59 Å². The molecule has 0 radical (unpaired) electrons. The normalized spacial score (nSPS) is 11.2. The highest BCUT2D eigenvalue weighted by Crippen LogP contribution is 2.14. The fraction of sp³-hybridized carbons (Fsp3) is 0.923. The standard InChI is InChI=1S/C13H27N2O/c1-4-7-10-15(14-13-16,11-8-5-2)12-9-6-3/h4-12H2,1-3H3/q+1. The molecular formula is C13H27N2O+. The molecule has 0 aliphatic rings. The predicted octanol–water partition coefficient (Wildman–Crippen LogP) is 3.45. The van der Waals surface area contributed by atoms with E-state index in [1.165, 1.54) is 0 Å². The van der Waals surface area contributed by atoms with Crippen molar-refractivity contribution in [1.29, 1.82) is 0 Å². The van der Waals surface area contributed by atoms with E-state index in [-0.39, 0.29) is 0 Å². The van der Waals surface area contributed by atoms with Crippen LogP contribution < -0.4 is 0 Å². The fourth-order valence-electron chi connectivity index (χ4n) is 1.93. The van der Waals surface area contributed by atoms with Gasteiger partial charge in [-0.15, -0.1) is 0 Å². The summed E-state index contributed by atoms with van der Waals surface area (Å²) in [6, 6.07) is 0. The molecule has 0 N–H and O–H groups in total. The molecule has 0 atom stereocenters. The zero-order chi connectivity index (χ0) is 12.3. The summed E-state index contributed by atoms with van der Waals surface area (Å²) in [5.74, 6) is 0. The van der Waals surface area contributed by atoms with Crippen molar-refractivity contribution in [2.75, 3.05) is 19.6 Å². The quantitative estimate of drug-likeness (QED) is 0.243. The van der Waals surface area contributed by atoms with E-state index in [9.17, 15) is 4.79 Å². The van der Waals surface area contributed by atoms with Gasteiger partial charge in [0.15, 0.2) is 0 Å². The van der Waals surface area contributed by atoms with Crippen molar-refractivity contribution in [3.8, 4) is 0 Å². The third-order valence-corrected chi connectivity index (χ3v) is 3.04. The molecule has 0 amide bonds. The first-order valence-electron chi connectivity index (χ1n) is 6.70. The molecule has 0 aromatic carbocycles. The van der Waals surface area contributed by atoms with E-state index in [0.717, 1.165) is 58.2 Å². The zero-order valence-electron chi connectivity index (χ0n) is 11.2. The van der Waals surface area contributed by atoms with E-state index in [1.54, 1.807) is 6.08 Å². The SMILES string of the molecule is CCCC[N+](CCCC)(CCCC)N=C=O. The van der Waals surface area contributed by atoms with E-state index < -0.39 is 0 Å². The maximum Gasteiger partial charge on any atom is 0.294 e. The third-order valence-electron chi connectivity index (χ3n) is 3.04. The molecule has 0 aliphatic carbocycles. The lowest BCUT2D eigenvalue weighted by Crippen LogP contribution is -2.45. The first kappa shape index (κ1) is 15.3. The molecule has 0 aromatic rings. The minimum absolute atomic E-state index is 0.610.